The third kappa shape index (κ3) is 2.92. The normalized spacial score (nSPS) is 22.6. The molecule has 5 nitrogen and oxygen atoms in total. The van der Waals surface area contributed by atoms with Gasteiger partial charge in [0.15, 0.2) is 0 Å². The van der Waals surface area contributed by atoms with Gasteiger partial charge in [-0.3, -0.25) is 4.79 Å². The Morgan fingerprint density at radius 3 is 3.00 bits per heavy atom. The van der Waals surface area contributed by atoms with Gasteiger partial charge in [0.05, 0.1) is 11.8 Å². The van der Waals surface area contributed by atoms with E-state index < -0.39 is 0 Å². The fourth-order valence-corrected chi connectivity index (χ4v) is 2.65. The van der Waals surface area contributed by atoms with Crippen LogP contribution in [0.25, 0.3) is 0 Å². The molecule has 2 fully saturated rings. The Labute approximate surface area is 113 Å². The molecule has 1 amide bonds. The van der Waals surface area contributed by atoms with E-state index in [1.54, 1.807) is 6.07 Å². The van der Waals surface area contributed by atoms with Crippen molar-refractivity contribution in [2.45, 2.75) is 44.2 Å². The highest BCUT2D eigenvalue weighted by molar-refractivity contribution is 5.93. The molecule has 1 unspecified atom stereocenters. The Morgan fingerprint density at radius 2 is 2.32 bits per heavy atom. The molecule has 1 saturated heterocycles. The number of hydrogen-bond acceptors (Lipinski definition) is 3. The average Bonchev–Trinajstić information content (AvgIpc) is 2.96. The number of carbonyl (C=O) groups excluding carboxylic acids is 1. The van der Waals surface area contributed by atoms with E-state index in [0.29, 0.717) is 30.1 Å². The second kappa shape index (κ2) is 5.25. The molecule has 1 aliphatic carbocycles. The number of ether oxygens (including phenoxy) is 1. The third-order valence-electron chi connectivity index (χ3n) is 3.82. The Bertz CT molecular complexity index is 459. The molecular weight excluding hydrogens is 242 g/mol. The largest absolute Gasteiger partial charge is 0.397 e. The smallest absolute Gasteiger partial charge is 0.267 e. The topological polar surface area (TPSA) is 69.3 Å². The van der Waals surface area contributed by atoms with Crippen molar-refractivity contribution in [3.63, 3.8) is 0 Å². The van der Waals surface area contributed by atoms with Crippen LogP contribution in [0, 0.1) is 0 Å². The molecule has 3 rings (SSSR count). The number of nitrogen functional groups attached to an aromatic ring is 1. The quantitative estimate of drug-likeness (QED) is 0.849. The molecule has 2 aliphatic rings. The van der Waals surface area contributed by atoms with Crippen LogP contribution >= 0.6 is 0 Å². The number of rotatable bonds is 5. The van der Waals surface area contributed by atoms with Gasteiger partial charge in [0.1, 0.15) is 5.69 Å². The zero-order chi connectivity index (χ0) is 13.2. The van der Waals surface area contributed by atoms with Gasteiger partial charge in [-0.25, -0.2) is 0 Å². The standard InChI is InChI=1S/C14H21N3O2/c15-10-8-13(17(9-10)11-3-4-11)14(18)16-6-5-12-2-1-7-19-12/h8-9,11-12H,1-7,15H2,(H,16,18). The van der Waals surface area contributed by atoms with Crippen molar-refractivity contribution in [1.29, 1.82) is 0 Å². The lowest BCUT2D eigenvalue weighted by Gasteiger charge is -2.11. The van der Waals surface area contributed by atoms with Crippen LogP contribution in [0.15, 0.2) is 12.3 Å². The highest BCUT2D eigenvalue weighted by atomic mass is 16.5. The number of nitrogens with one attached hydrogen (secondary N) is 1. The van der Waals surface area contributed by atoms with Crippen LogP contribution in [-0.2, 0) is 4.74 Å². The van der Waals surface area contributed by atoms with Crippen LogP contribution in [0.5, 0.6) is 0 Å². The van der Waals surface area contributed by atoms with Gasteiger partial charge in [-0.2, -0.15) is 0 Å². The number of nitrogens with two attached hydrogens (primary N) is 1. The summed E-state index contributed by atoms with van der Waals surface area (Å²) in [6.45, 7) is 1.53. The van der Waals surface area contributed by atoms with Crippen LogP contribution < -0.4 is 11.1 Å². The van der Waals surface area contributed by atoms with Crippen molar-refractivity contribution in [3.8, 4) is 0 Å². The van der Waals surface area contributed by atoms with Gasteiger partial charge in [-0.1, -0.05) is 0 Å². The van der Waals surface area contributed by atoms with Crippen LogP contribution in [0.2, 0.25) is 0 Å². The van der Waals surface area contributed by atoms with E-state index in [1.807, 2.05) is 10.8 Å². The van der Waals surface area contributed by atoms with Crippen LogP contribution in [0.4, 0.5) is 5.69 Å². The zero-order valence-corrected chi connectivity index (χ0v) is 11.1. The fraction of sp³-hybridized carbons (Fsp3) is 0.643. The van der Waals surface area contributed by atoms with Crippen LogP contribution in [0.1, 0.15) is 48.6 Å². The van der Waals surface area contributed by atoms with Gasteiger partial charge < -0.3 is 20.4 Å². The second-order valence-electron chi connectivity index (χ2n) is 5.48. The molecule has 0 aromatic carbocycles. The van der Waals surface area contributed by atoms with Crippen molar-refractivity contribution in [3.05, 3.63) is 18.0 Å². The molecule has 0 spiro atoms. The number of amides is 1. The summed E-state index contributed by atoms with van der Waals surface area (Å²) in [7, 11) is 0. The van der Waals surface area contributed by atoms with Gasteiger partial charge >= 0.3 is 0 Å². The molecular formula is C14H21N3O2. The van der Waals surface area contributed by atoms with Crippen LogP contribution in [-0.4, -0.2) is 29.7 Å². The van der Waals surface area contributed by atoms with Crippen molar-refractivity contribution >= 4 is 11.6 Å². The number of nitrogens with zero attached hydrogens (tertiary/aromatic N) is 1. The van der Waals surface area contributed by atoms with Crippen molar-refractivity contribution in [2.24, 2.45) is 0 Å². The highest BCUT2D eigenvalue weighted by Crippen LogP contribution is 2.37. The Hall–Kier alpha value is -1.49. The Kier molecular flexibility index (Phi) is 3.46. The van der Waals surface area contributed by atoms with Gasteiger partial charge in [0.2, 0.25) is 0 Å². The molecule has 1 aliphatic heterocycles. The lowest BCUT2D eigenvalue weighted by atomic mass is 10.2. The van der Waals surface area contributed by atoms with Gasteiger partial charge in [-0.05, 0) is 38.2 Å². The predicted molar refractivity (Wildman–Crippen MR) is 73.0 cm³/mol. The van der Waals surface area contributed by atoms with Crippen molar-refractivity contribution in [1.82, 2.24) is 9.88 Å². The van der Waals surface area contributed by atoms with E-state index in [4.69, 9.17) is 10.5 Å². The van der Waals surface area contributed by atoms with Gasteiger partial charge in [0.25, 0.3) is 5.91 Å². The molecule has 2 heterocycles. The number of anilines is 1. The first-order valence-electron chi connectivity index (χ1n) is 7.11. The Balaban J connectivity index is 1.54. The molecule has 104 valence electrons. The maximum Gasteiger partial charge on any atom is 0.267 e. The molecule has 3 N–H and O–H groups in total. The maximum atomic E-state index is 12.2. The lowest BCUT2D eigenvalue weighted by Crippen LogP contribution is -2.28. The summed E-state index contributed by atoms with van der Waals surface area (Å²) >= 11 is 0. The summed E-state index contributed by atoms with van der Waals surface area (Å²) in [5.74, 6) is -0.0263. The monoisotopic (exact) mass is 263 g/mol. The number of carbonyl (C=O) groups is 1. The molecule has 19 heavy (non-hydrogen) atoms. The summed E-state index contributed by atoms with van der Waals surface area (Å²) in [5, 5.41) is 2.97. The van der Waals surface area contributed by atoms with Gasteiger partial charge in [0, 0.05) is 25.4 Å². The molecule has 1 aromatic rings. The fourth-order valence-electron chi connectivity index (χ4n) is 2.65. The molecule has 5 heteroatoms. The van der Waals surface area contributed by atoms with E-state index in [-0.39, 0.29) is 5.91 Å². The maximum absolute atomic E-state index is 12.2. The lowest BCUT2D eigenvalue weighted by molar-refractivity contribution is 0.0899. The summed E-state index contributed by atoms with van der Waals surface area (Å²) in [4.78, 5) is 12.2. The molecule has 1 atom stereocenters. The van der Waals surface area contributed by atoms with E-state index in [1.165, 1.54) is 0 Å². The average molecular weight is 263 g/mol. The minimum atomic E-state index is -0.0263. The van der Waals surface area contributed by atoms with Gasteiger partial charge in [-0.15, -0.1) is 0 Å². The summed E-state index contributed by atoms with van der Waals surface area (Å²) in [6.07, 6.45) is 7.62. The molecule has 1 saturated carbocycles. The zero-order valence-electron chi connectivity index (χ0n) is 11.1. The highest BCUT2D eigenvalue weighted by Gasteiger charge is 2.27. The first-order valence-corrected chi connectivity index (χ1v) is 7.11. The minimum Gasteiger partial charge on any atom is -0.397 e. The SMILES string of the molecule is Nc1cc(C(=O)NCCC2CCCO2)n(C2CC2)c1. The van der Waals surface area contributed by atoms with E-state index >= 15 is 0 Å². The summed E-state index contributed by atoms with van der Waals surface area (Å²) in [5.41, 5.74) is 7.14. The second-order valence-corrected chi connectivity index (χ2v) is 5.48. The number of hydrogen-bond donors (Lipinski definition) is 2. The Morgan fingerprint density at radius 1 is 1.47 bits per heavy atom. The first kappa shape index (κ1) is 12.5. The van der Waals surface area contributed by atoms with Crippen LogP contribution in [0.3, 0.4) is 0 Å². The van der Waals surface area contributed by atoms with E-state index in [0.717, 1.165) is 38.7 Å². The third-order valence-corrected chi connectivity index (χ3v) is 3.82. The molecule has 1 aromatic heterocycles. The first-order chi connectivity index (χ1) is 9.24. The van der Waals surface area contributed by atoms with E-state index in [9.17, 15) is 4.79 Å². The summed E-state index contributed by atoms with van der Waals surface area (Å²) < 4.78 is 7.55. The molecule has 0 bridgehead atoms. The van der Waals surface area contributed by atoms with E-state index in [2.05, 4.69) is 5.32 Å². The summed E-state index contributed by atoms with van der Waals surface area (Å²) in [6, 6.07) is 2.23. The van der Waals surface area contributed by atoms with Crippen molar-refractivity contribution in [2.75, 3.05) is 18.9 Å². The minimum absolute atomic E-state index is 0.0263. The molecule has 0 radical (unpaired) electrons. The number of aromatic nitrogens is 1. The predicted octanol–water partition coefficient (Wildman–Crippen LogP) is 1.70. The van der Waals surface area contributed by atoms with Crippen molar-refractivity contribution < 1.29 is 9.53 Å².